The van der Waals surface area contributed by atoms with E-state index in [-0.39, 0.29) is 0 Å². The Morgan fingerprint density at radius 3 is 2.22 bits per heavy atom. The van der Waals surface area contributed by atoms with Crippen LogP contribution < -0.4 is 0 Å². The molecule has 0 unspecified atom stereocenters. The number of rotatable bonds is 2. The normalized spacial score (nSPS) is 13.7. The lowest BCUT2D eigenvalue weighted by Gasteiger charge is -1.92. The lowest BCUT2D eigenvalue weighted by molar-refractivity contribution is 0.214. The molecule has 0 aromatic carbocycles. The van der Waals surface area contributed by atoms with E-state index in [2.05, 4.69) is 15.1 Å². The molecule has 0 radical (unpaired) electrons. The summed E-state index contributed by atoms with van der Waals surface area (Å²) in [4.78, 5) is 4.42. The predicted octanol–water partition coefficient (Wildman–Crippen LogP) is 0.859. The minimum absolute atomic E-state index is 0.455. The predicted molar refractivity (Wildman–Crippen MR) is 35.0 cm³/mol. The first-order valence-corrected chi connectivity index (χ1v) is 2.49. The van der Waals surface area contributed by atoms with Crippen molar-refractivity contribution in [2.24, 2.45) is 10.3 Å². The summed E-state index contributed by atoms with van der Waals surface area (Å²) in [7, 11) is 1.44. The van der Waals surface area contributed by atoms with Crippen molar-refractivity contribution in [3.63, 3.8) is 0 Å². The summed E-state index contributed by atoms with van der Waals surface area (Å²) in [5.41, 5.74) is 1.02. The second-order valence-corrected chi connectivity index (χ2v) is 1.54. The number of hydrogen-bond donors (Lipinski definition) is 1. The van der Waals surface area contributed by atoms with E-state index in [0.29, 0.717) is 11.4 Å². The van der Waals surface area contributed by atoms with Crippen LogP contribution in [0.2, 0.25) is 0 Å². The van der Waals surface area contributed by atoms with Crippen molar-refractivity contribution in [3.8, 4) is 0 Å². The van der Waals surface area contributed by atoms with E-state index in [9.17, 15) is 0 Å². The molecular formula is C5H10N2O2. The highest BCUT2D eigenvalue weighted by molar-refractivity contribution is 6.40. The Kier molecular flexibility index (Phi) is 3.43. The molecule has 0 rings (SSSR count). The molecule has 0 saturated heterocycles. The molecule has 0 aromatic rings. The van der Waals surface area contributed by atoms with Crippen LogP contribution in [0.15, 0.2) is 10.3 Å². The quantitative estimate of drug-likeness (QED) is 0.342. The lowest BCUT2D eigenvalue weighted by Crippen LogP contribution is -2.05. The van der Waals surface area contributed by atoms with Gasteiger partial charge in [-0.2, -0.15) is 0 Å². The maximum Gasteiger partial charge on any atom is 0.106 e. The van der Waals surface area contributed by atoms with Crippen LogP contribution in [0.4, 0.5) is 0 Å². The van der Waals surface area contributed by atoms with Crippen molar-refractivity contribution in [1.29, 1.82) is 0 Å². The van der Waals surface area contributed by atoms with Crippen molar-refractivity contribution in [3.05, 3.63) is 0 Å². The van der Waals surface area contributed by atoms with Gasteiger partial charge in [-0.3, -0.25) is 0 Å². The molecule has 4 nitrogen and oxygen atoms in total. The average molecular weight is 130 g/mol. The van der Waals surface area contributed by atoms with Gasteiger partial charge in [0.15, 0.2) is 0 Å². The molecule has 0 aliphatic heterocycles. The van der Waals surface area contributed by atoms with Gasteiger partial charge in [0, 0.05) is 0 Å². The van der Waals surface area contributed by atoms with Crippen molar-refractivity contribution in [2.75, 3.05) is 7.11 Å². The zero-order valence-electron chi connectivity index (χ0n) is 5.75. The molecule has 9 heavy (non-hydrogen) atoms. The molecule has 0 heterocycles. The van der Waals surface area contributed by atoms with Gasteiger partial charge in [0.05, 0.1) is 0 Å². The first-order valence-electron chi connectivity index (χ1n) is 2.49. The molecule has 52 valence electrons. The third-order valence-electron chi connectivity index (χ3n) is 0.902. The summed E-state index contributed by atoms with van der Waals surface area (Å²) in [6.07, 6.45) is 0. The number of hydrogen-bond acceptors (Lipinski definition) is 4. The molecule has 0 aliphatic carbocycles. The van der Waals surface area contributed by atoms with Gasteiger partial charge in [0.25, 0.3) is 0 Å². The van der Waals surface area contributed by atoms with Crippen LogP contribution in [0, 0.1) is 0 Å². The zero-order chi connectivity index (χ0) is 7.28. The molecule has 0 aromatic heterocycles. The van der Waals surface area contributed by atoms with Gasteiger partial charge in [-0.1, -0.05) is 10.3 Å². The van der Waals surface area contributed by atoms with E-state index >= 15 is 0 Å². The average Bonchev–Trinajstić information content (AvgIpc) is 1.87. The summed E-state index contributed by atoms with van der Waals surface area (Å²) >= 11 is 0. The first-order chi connectivity index (χ1) is 4.22. The van der Waals surface area contributed by atoms with E-state index in [0.717, 1.165) is 0 Å². The SMILES string of the molecule is CO/N=C(C)\C(C)=N/O. The third-order valence-corrected chi connectivity index (χ3v) is 0.902. The van der Waals surface area contributed by atoms with Crippen LogP contribution in [0.5, 0.6) is 0 Å². The fraction of sp³-hybridized carbons (Fsp3) is 0.600. The molecule has 0 aliphatic rings. The molecule has 0 spiro atoms. The standard InChI is InChI=1S/C5H10N2O2/c1-4(6-8)5(2)7-9-3/h8H,1-3H3/b6-4-,7-5-. The van der Waals surface area contributed by atoms with Crippen LogP contribution in [0.25, 0.3) is 0 Å². The third kappa shape index (κ3) is 2.69. The minimum atomic E-state index is 0.455. The van der Waals surface area contributed by atoms with Crippen molar-refractivity contribution >= 4 is 11.4 Å². The Morgan fingerprint density at radius 1 is 1.33 bits per heavy atom. The summed E-state index contributed by atoms with van der Waals surface area (Å²) in [6.45, 7) is 3.33. The van der Waals surface area contributed by atoms with Crippen LogP contribution in [-0.2, 0) is 4.84 Å². The first kappa shape index (κ1) is 7.94. The van der Waals surface area contributed by atoms with Crippen molar-refractivity contribution in [2.45, 2.75) is 13.8 Å². The fourth-order valence-electron chi connectivity index (χ4n) is 0.275. The van der Waals surface area contributed by atoms with Gasteiger partial charge in [-0.15, -0.1) is 0 Å². The molecule has 1 N–H and O–H groups in total. The minimum Gasteiger partial charge on any atom is -0.411 e. The Balaban J connectivity index is 4.03. The molecular weight excluding hydrogens is 120 g/mol. The summed E-state index contributed by atoms with van der Waals surface area (Å²) in [5, 5.41) is 14.6. The highest BCUT2D eigenvalue weighted by atomic mass is 16.6. The van der Waals surface area contributed by atoms with Crippen LogP contribution in [0.1, 0.15) is 13.8 Å². The molecule has 0 fully saturated rings. The molecule has 0 amide bonds. The van der Waals surface area contributed by atoms with Crippen LogP contribution in [-0.4, -0.2) is 23.7 Å². The molecule has 0 bridgehead atoms. The topological polar surface area (TPSA) is 54.2 Å². The summed E-state index contributed by atoms with van der Waals surface area (Å²) in [6, 6.07) is 0. The Hall–Kier alpha value is -1.06. The molecule has 0 saturated carbocycles. The number of nitrogens with zero attached hydrogens (tertiary/aromatic N) is 2. The van der Waals surface area contributed by atoms with Crippen LogP contribution >= 0.6 is 0 Å². The van der Waals surface area contributed by atoms with E-state index in [1.165, 1.54) is 7.11 Å². The highest BCUT2D eigenvalue weighted by Crippen LogP contribution is 1.82. The van der Waals surface area contributed by atoms with Gasteiger partial charge in [0.1, 0.15) is 18.5 Å². The molecule has 0 atom stereocenters. The van der Waals surface area contributed by atoms with Crippen molar-refractivity contribution in [1.82, 2.24) is 0 Å². The second-order valence-electron chi connectivity index (χ2n) is 1.54. The van der Waals surface area contributed by atoms with Gasteiger partial charge in [0.2, 0.25) is 0 Å². The largest absolute Gasteiger partial charge is 0.411 e. The Labute approximate surface area is 53.8 Å². The smallest absolute Gasteiger partial charge is 0.106 e. The summed E-state index contributed by atoms with van der Waals surface area (Å²) < 4.78 is 0. The fourth-order valence-corrected chi connectivity index (χ4v) is 0.275. The Morgan fingerprint density at radius 2 is 1.89 bits per heavy atom. The lowest BCUT2D eigenvalue weighted by atomic mass is 10.3. The highest BCUT2D eigenvalue weighted by Gasteiger charge is 1.94. The Bertz CT molecular complexity index is 140. The van der Waals surface area contributed by atoms with Gasteiger partial charge in [-0.05, 0) is 13.8 Å². The van der Waals surface area contributed by atoms with E-state index in [1.807, 2.05) is 0 Å². The summed E-state index contributed by atoms with van der Waals surface area (Å²) in [5.74, 6) is 0. The van der Waals surface area contributed by atoms with E-state index < -0.39 is 0 Å². The maximum atomic E-state index is 8.18. The van der Waals surface area contributed by atoms with Crippen molar-refractivity contribution < 1.29 is 10.0 Å². The van der Waals surface area contributed by atoms with E-state index in [1.54, 1.807) is 13.8 Å². The second kappa shape index (κ2) is 3.88. The number of oxime groups is 2. The van der Waals surface area contributed by atoms with E-state index in [4.69, 9.17) is 5.21 Å². The monoisotopic (exact) mass is 130 g/mol. The zero-order valence-corrected chi connectivity index (χ0v) is 5.75. The molecule has 4 heteroatoms. The van der Waals surface area contributed by atoms with Gasteiger partial charge >= 0.3 is 0 Å². The van der Waals surface area contributed by atoms with Gasteiger partial charge < -0.3 is 10.0 Å². The van der Waals surface area contributed by atoms with Crippen LogP contribution in [0.3, 0.4) is 0 Å². The van der Waals surface area contributed by atoms with Gasteiger partial charge in [-0.25, -0.2) is 0 Å². The maximum absolute atomic E-state index is 8.18.